The second-order valence-corrected chi connectivity index (χ2v) is 8.52. The Kier molecular flexibility index (Phi) is 3.74. The molecule has 3 heterocycles. The summed E-state index contributed by atoms with van der Waals surface area (Å²) in [6.45, 7) is 2.38. The topological polar surface area (TPSA) is 97.8 Å². The Balaban J connectivity index is 1.72. The highest BCUT2D eigenvalue weighted by Gasteiger charge is 2.57. The summed E-state index contributed by atoms with van der Waals surface area (Å²) < 4.78 is 36.0. The highest BCUT2D eigenvalue weighted by atomic mass is 19.1. The summed E-state index contributed by atoms with van der Waals surface area (Å²) in [5.74, 6) is -2.00. The molecule has 1 aliphatic carbocycles. The van der Waals surface area contributed by atoms with Crippen molar-refractivity contribution in [3.8, 4) is 5.75 Å². The number of benzene rings is 1. The summed E-state index contributed by atoms with van der Waals surface area (Å²) in [5, 5.41) is 9.34. The van der Waals surface area contributed by atoms with Crippen molar-refractivity contribution in [2.45, 2.75) is 24.9 Å². The van der Waals surface area contributed by atoms with Crippen LogP contribution in [-0.4, -0.2) is 47.6 Å². The fourth-order valence-electron chi connectivity index (χ4n) is 5.25. The number of nitrogens with two attached hydrogens (primary N) is 1. The lowest BCUT2D eigenvalue weighted by Crippen LogP contribution is -2.60. The Hall–Kier alpha value is -2.68. The molecule has 0 spiro atoms. The van der Waals surface area contributed by atoms with Gasteiger partial charge in [-0.2, -0.15) is 0 Å². The smallest absolute Gasteiger partial charge is 0.341 e. The number of carboxylic acids is 1. The molecule has 5 rings (SSSR count). The lowest BCUT2D eigenvalue weighted by molar-refractivity contribution is 0.0629. The average molecular weight is 405 g/mol. The van der Waals surface area contributed by atoms with Gasteiger partial charge in [0.25, 0.3) is 0 Å². The number of rotatable bonds is 3. The van der Waals surface area contributed by atoms with E-state index < -0.39 is 35.0 Å². The first-order valence-electron chi connectivity index (χ1n) is 9.62. The molecule has 9 heteroatoms. The summed E-state index contributed by atoms with van der Waals surface area (Å²) in [6.07, 6.45) is 1.85. The van der Waals surface area contributed by atoms with Crippen molar-refractivity contribution < 1.29 is 23.4 Å². The first kappa shape index (κ1) is 18.4. The number of nitrogens with zero attached hydrogens (tertiary/aromatic N) is 2. The van der Waals surface area contributed by atoms with Gasteiger partial charge in [0.15, 0.2) is 11.6 Å². The minimum atomic E-state index is -1.36. The quantitative estimate of drug-likeness (QED) is 0.810. The number of halogens is 2. The van der Waals surface area contributed by atoms with Gasteiger partial charge in [0, 0.05) is 30.7 Å². The van der Waals surface area contributed by atoms with Gasteiger partial charge < -0.3 is 25.0 Å². The molecular weight excluding hydrogens is 384 g/mol. The maximum atomic E-state index is 15.2. The van der Waals surface area contributed by atoms with E-state index in [1.165, 1.54) is 6.20 Å². The monoisotopic (exact) mass is 405 g/mol. The third-order valence-electron chi connectivity index (χ3n) is 6.74. The second kappa shape index (κ2) is 5.91. The molecule has 0 unspecified atom stereocenters. The molecule has 0 bridgehead atoms. The maximum absolute atomic E-state index is 15.2. The van der Waals surface area contributed by atoms with Gasteiger partial charge in [-0.15, -0.1) is 0 Å². The van der Waals surface area contributed by atoms with Crippen LogP contribution in [0.2, 0.25) is 0 Å². The zero-order chi connectivity index (χ0) is 20.7. The Morgan fingerprint density at radius 3 is 2.93 bits per heavy atom. The molecule has 2 aromatic rings. The molecule has 0 amide bonds. The van der Waals surface area contributed by atoms with E-state index in [-0.39, 0.29) is 41.3 Å². The SMILES string of the molecule is C[C@H]1COc2c(N3C[C@H]4[C@@H](CF)C[C@@]4(N)C3)c(F)cc3c(=O)c(C(=O)O)cn1c23. The van der Waals surface area contributed by atoms with Crippen LogP contribution in [0.3, 0.4) is 0 Å². The van der Waals surface area contributed by atoms with E-state index in [2.05, 4.69) is 0 Å². The fraction of sp³-hybridized carbons (Fsp3) is 0.500. The van der Waals surface area contributed by atoms with Crippen LogP contribution in [0.4, 0.5) is 14.5 Å². The van der Waals surface area contributed by atoms with Gasteiger partial charge in [0.2, 0.25) is 5.43 Å². The molecule has 3 N–H and O–H groups in total. The number of hydrogen-bond acceptors (Lipinski definition) is 5. The predicted octanol–water partition coefficient (Wildman–Crippen LogP) is 1.92. The molecule has 1 aromatic carbocycles. The van der Waals surface area contributed by atoms with Crippen LogP contribution in [0.1, 0.15) is 29.7 Å². The van der Waals surface area contributed by atoms with E-state index in [4.69, 9.17) is 10.5 Å². The van der Waals surface area contributed by atoms with Crippen LogP contribution in [0.5, 0.6) is 5.75 Å². The average Bonchev–Trinajstić information content (AvgIpc) is 2.92. The molecule has 3 aliphatic rings. The Bertz CT molecular complexity index is 1120. The summed E-state index contributed by atoms with van der Waals surface area (Å²) in [7, 11) is 0. The number of aromatic nitrogens is 1. The van der Waals surface area contributed by atoms with Crippen molar-refractivity contribution in [2.75, 3.05) is 31.3 Å². The molecule has 1 aromatic heterocycles. The summed E-state index contributed by atoms with van der Waals surface area (Å²) >= 11 is 0. The molecule has 29 heavy (non-hydrogen) atoms. The summed E-state index contributed by atoms with van der Waals surface area (Å²) in [5.41, 5.74) is 5.28. The molecule has 0 radical (unpaired) electrons. The number of carboxylic acid groups (broad SMARTS) is 1. The molecule has 7 nitrogen and oxygen atoms in total. The fourth-order valence-corrected chi connectivity index (χ4v) is 5.25. The number of fused-ring (bicyclic) bond motifs is 1. The van der Waals surface area contributed by atoms with Crippen LogP contribution in [0, 0.1) is 17.7 Å². The molecule has 1 saturated carbocycles. The lowest BCUT2D eigenvalue weighted by Gasteiger charge is -2.46. The summed E-state index contributed by atoms with van der Waals surface area (Å²) in [6, 6.07) is 0.852. The van der Waals surface area contributed by atoms with Gasteiger partial charge in [0.1, 0.15) is 17.9 Å². The van der Waals surface area contributed by atoms with Crippen molar-refractivity contribution in [3.05, 3.63) is 33.9 Å². The van der Waals surface area contributed by atoms with Gasteiger partial charge in [0.05, 0.1) is 23.6 Å². The number of anilines is 1. The van der Waals surface area contributed by atoms with Crippen molar-refractivity contribution >= 4 is 22.6 Å². The number of aromatic carboxylic acids is 1. The van der Waals surface area contributed by atoms with Crippen LogP contribution in [-0.2, 0) is 0 Å². The zero-order valence-electron chi connectivity index (χ0n) is 15.8. The van der Waals surface area contributed by atoms with E-state index in [1.807, 2.05) is 6.92 Å². The van der Waals surface area contributed by atoms with Crippen molar-refractivity contribution in [2.24, 2.45) is 17.6 Å². The van der Waals surface area contributed by atoms with Gasteiger partial charge in [-0.1, -0.05) is 0 Å². The Morgan fingerprint density at radius 2 is 2.24 bits per heavy atom. The first-order chi connectivity index (χ1) is 13.7. The number of pyridine rings is 1. The number of carbonyl (C=O) groups is 1. The van der Waals surface area contributed by atoms with Crippen LogP contribution in [0.25, 0.3) is 10.9 Å². The van der Waals surface area contributed by atoms with E-state index in [0.29, 0.717) is 25.0 Å². The predicted molar refractivity (Wildman–Crippen MR) is 102 cm³/mol. The largest absolute Gasteiger partial charge is 0.487 e. The van der Waals surface area contributed by atoms with Crippen molar-refractivity contribution in [3.63, 3.8) is 0 Å². The Morgan fingerprint density at radius 1 is 1.48 bits per heavy atom. The third kappa shape index (κ3) is 2.36. The van der Waals surface area contributed by atoms with E-state index in [1.54, 1.807) is 9.47 Å². The minimum absolute atomic E-state index is 0.0287. The zero-order valence-corrected chi connectivity index (χ0v) is 15.8. The van der Waals surface area contributed by atoms with E-state index in [9.17, 15) is 19.1 Å². The second-order valence-electron chi connectivity index (χ2n) is 8.52. The molecular formula is C20H21F2N3O4. The van der Waals surface area contributed by atoms with Gasteiger partial charge in [-0.05, 0) is 25.3 Å². The number of ether oxygens (including phenoxy) is 1. The summed E-state index contributed by atoms with van der Waals surface area (Å²) in [4.78, 5) is 25.9. The highest BCUT2D eigenvalue weighted by Crippen LogP contribution is 2.51. The molecule has 1 saturated heterocycles. The minimum Gasteiger partial charge on any atom is -0.487 e. The van der Waals surface area contributed by atoms with E-state index >= 15 is 4.39 Å². The van der Waals surface area contributed by atoms with Crippen molar-refractivity contribution in [1.29, 1.82) is 0 Å². The standard InChI is InChI=1S/C20H21F2N3O4/c1-9-7-29-18-15-11(17(26)12(19(27)28)5-25(9)15)2-14(22)16(18)24-6-13-10(4-21)3-20(13,23)8-24/h2,5,9-10,13H,3-4,6-8,23H2,1H3,(H,27,28)/t9-,10+,13-,20+/m0/s1. The normalized spacial score (nSPS) is 30.1. The Labute approximate surface area is 164 Å². The lowest BCUT2D eigenvalue weighted by atomic mass is 9.62. The maximum Gasteiger partial charge on any atom is 0.341 e. The highest BCUT2D eigenvalue weighted by molar-refractivity contribution is 5.97. The van der Waals surface area contributed by atoms with Crippen LogP contribution in [0.15, 0.2) is 17.1 Å². The third-order valence-corrected chi connectivity index (χ3v) is 6.74. The number of alkyl halides is 1. The van der Waals surface area contributed by atoms with Crippen LogP contribution >= 0.6 is 0 Å². The molecule has 154 valence electrons. The number of hydrogen-bond donors (Lipinski definition) is 2. The molecule has 2 aliphatic heterocycles. The van der Waals surface area contributed by atoms with Gasteiger partial charge in [-0.25, -0.2) is 9.18 Å². The van der Waals surface area contributed by atoms with Gasteiger partial charge >= 0.3 is 5.97 Å². The molecule has 2 fully saturated rings. The molecule has 4 atom stereocenters. The van der Waals surface area contributed by atoms with Crippen LogP contribution < -0.4 is 20.8 Å². The van der Waals surface area contributed by atoms with Crippen molar-refractivity contribution in [1.82, 2.24) is 4.57 Å². The first-order valence-corrected chi connectivity index (χ1v) is 9.62. The van der Waals surface area contributed by atoms with Gasteiger partial charge in [-0.3, -0.25) is 9.18 Å². The van der Waals surface area contributed by atoms with E-state index in [0.717, 1.165) is 6.07 Å².